The van der Waals surface area contributed by atoms with Crippen LogP contribution in [-0.4, -0.2) is 14.9 Å². The lowest BCUT2D eigenvalue weighted by Gasteiger charge is -2.18. The second-order valence-corrected chi connectivity index (χ2v) is 8.42. The van der Waals surface area contributed by atoms with Crippen molar-refractivity contribution in [3.05, 3.63) is 12.0 Å². The molecule has 2 nitrogen and oxygen atoms in total. The van der Waals surface area contributed by atoms with Gasteiger partial charge in [-0.1, -0.05) is 6.92 Å². The zero-order valence-electron chi connectivity index (χ0n) is 7.68. The summed E-state index contributed by atoms with van der Waals surface area (Å²) < 4.78 is 11.0. The van der Waals surface area contributed by atoms with Gasteiger partial charge in [0.15, 0.2) is 0 Å². The quantitative estimate of drug-likeness (QED) is 0.595. The van der Waals surface area contributed by atoms with Crippen molar-refractivity contribution in [3.63, 3.8) is 0 Å². The maximum Gasteiger partial charge on any atom is 0.261 e. The maximum absolute atomic E-state index is 5.65. The van der Waals surface area contributed by atoms with Crippen molar-refractivity contribution >= 4 is 8.32 Å². The van der Waals surface area contributed by atoms with Gasteiger partial charge in [0.1, 0.15) is 0 Å². The van der Waals surface area contributed by atoms with Gasteiger partial charge < -0.3 is 9.16 Å². The van der Waals surface area contributed by atoms with Crippen LogP contribution in [0.25, 0.3) is 0 Å². The zero-order chi connectivity index (χ0) is 8.48. The average Bonchev–Trinajstić information content (AvgIpc) is 2.10. The first-order chi connectivity index (χ1) is 4.97. The summed E-state index contributed by atoms with van der Waals surface area (Å²) >= 11 is 0. The van der Waals surface area contributed by atoms with Crippen LogP contribution in [0.4, 0.5) is 0 Å². The maximum atomic E-state index is 5.65. The summed E-state index contributed by atoms with van der Waals surface area (Å²) in [6.07, 6.45) is 2.05. The van der Waals surface area contributed by atoms with Gasteiger partial charge in [0.2, 0.25) is 8.32 Å². The van der Waals surface area contributed by atoms with E-state index in [9.17, 15) is 0 Å². The molecule has 1 atom stereocenters. The molecule has 0 radical (unpaired) electrons. The van der Waals surface area contributed by atoms with Gasteiger partial charge in [-0.25, -0.2) is 0 Å². The Morgan fingerprint density at radius 1 is 1.55 bits per heavy atom. The number of ether oxygens (including phenoxy) is 1. The summed E-state index contributed by atoms with van der Waals surface area (Å²) in [5, 5.41) is 0. The molecule has 0 unspecified atom stereocenters. The molecule has 0 N–H and O–H groups in total. The van der Waals surface area contributed by atoms with Crippen molar-refractivity contribution in [3.8, 4) is 0 Å². The summed E-state index contributed by atoms with van der Waals surface area (Å²) in [5.41, 5.74) is 0. The van der Waals surface area contributed by atoms with Gasteiger partial charge >= 0.3 is 0 Å². The Bertz CT molecular complexity index is 169. The molecule has 1 aliphatic heterocycles. The van der Waals surface area contributed by atoms with Crippen molar-refractivity contribution in [2.24, 2.45) is 5.92 Å². The largest absolute Gasteiger partial charge is 0.520 e. The summed E-state index contributed by atoms with van der Waals surface area (Å²) in [7, 11) is -1.45. The summed E-state index contributed by atoms with van der Waals surface area (Å²) in [6.45, 7) is 9.36. The van der Waals surface area contributed by atoms with Gasteiger partial charge in [-0.15, -0.1) is 0 Å². The fourth-order valence-corrected chi connectivity index (χ4v) is 1.64. The molecule has 0 bridgehead atoms. The van der Waals surface area contributed by atoms with Crippen molar-refractivity contribution in [1.29, 1.82) is 0 Å². The molecule has 0 aromatic rings. The first-order valence-corrected chi connectivity index (χ1v) is 7.42. The Balaban J connectivity index is 2.45. The molecule has 0 spiro atoms. The van der Waals surface area contributed by atoms with E-state index >= 15 is 0 Å². The van der Waals surface area contributed by atoms with Gasteiger partial charge in [0.05, 0.1) is 6.61 Å². The van der Waals surface area contributed by atoms with Gasteiger partial charge in [-0.05, 0) is 19.6 Å². The van der Waals surface area contributed by atoms with Crippen molar-refractivity contribution in [2.45, 2.75) is 26.6 Å². The van der Waals surface area contributed by atoms with E-state index in [0.717, 1.165) is 12.6 Å². The van der Waals surface area contributed by atoms with E-state index in [-0.39, 0.29) is 0 Å². The van der Waals surface area contributed by atoms with Gasteiger partial charge in [0.25, 0.3) is 5.95 Å². The van der Waals surface area contributed by atoms with E-state index < -0.39 is 8.32 Å². The molecular formula is C8H16O2Si. The Morgan fingerprint density at radius 2 is 2.18 bits per heavy atom. The lowest BCUT2D eigenvalue weighted by molar-refractivity contribution is 0.119. The first kappa shape index (κ1) is 8.65. The molecule has 0 fully saturated rings. The number of hydrogen-bond donors (Lipinski definition) is 0. The minimum absolute atomic E-state index is 0.515. The molecule has 11 heavy (non-hydrogen) atoms. The van der Waals surface area contributed by atoms with Crippen LogP contribution in [0.5, 0.6) is 0 Å². The summed E-state index contributed by atoms with van der Waals surface area (Å²) in [4.78, 5) is 0. The van der Waals surface area contributed by atoms with E-state index in [1.54, 1.807) is 0 Å². The van der Waals surface area contributed by atoms with Crippen LogP contribution in [0, 0.1) is 5.92 Å². The highest BCUT2D eigenvalue weighted by Gasteiger charge is 2.22. The molecule has 3 heteroatoms. The fraction of sp³-hybridized carbons (Fsp3) is 0.750. The molecule has 0 aromatic heterocycles. The van der Waals surface area contributed by atoms with Crippen LogP contribution >= 0.6 is 0 Å². The topological polar surface area (TPSA) is 18.5 Å². The summed E-state index contributed by atoms with van der Waals surface area (Å²) in [5.74, 6) is 1.26. The normalized spacial score (nSPS) is 24.4. The van der Waals surface area contributed by atoms with E-state index in [4.69, 9.17) is 9.16 Å². The number of hydrogen-bond acceptors (Lipinski definition) is 2. The number of rotatable bonds is 2. The van der Waals surface area contributed by atoms with Crippen LogP contribution in [0.15, 0.2) is 12.0 Å². The minimum Gasteiger partial charge on any atom is -0.520 e. The van der Waals surface area contributed by atoms with Crippen molar-refractivity contribution < 1.29 is 9.16 Å². The first-order valence-electron chi connectivity index (χ1n) is 4.01. The smallest absolute Gasteiger partial charge is 0.261 e. The molecule has 0 saturated heterocycles. The molecule has 0 saturated carbocycles. The third-order valence-electron chi connectivity index (χ3n) is 1.32. The van der Waals surface area contributed by atoms with Gasteiger partial charge in [0, 0.05) is 12.0 Å². The third kappa shape index (κ3) is 2.97. The highest BCUT2D eigenvalue weighted by Crippen LogP contribution is 2.20. The highest BCUT2D eigenvalue weighted by molar-refractivity contribution is 6.69. The van der Waals surface area contributed by atoms with E-state index in [2.05, 4.69) is 32.6 Å². The molecule has 64 valence electrons. The lowest BCUT2D eigenvalue weighted by Crippen LogP contribution is -2.24. The zero-order valence-corrected chi connectivity index (χ0v) is 8.68. The average molecular weight is 172 g/mol. The Kier molecular flexibility index (Phi) is 2.27. The highest BCUT2D eigenvalue weighted by atomic mass is 28.4. The van der Waals surface area contributed by atoms with Crippen molar-refractivity contribution in [2.75, 3.05) is 6.61 Å². The minimum atomic E-state index is -1.45. The van der Waals surface area contributed by atoms with Crippen molar-refractivity contribution in [1.82, 2.24) is 0 Å². The van der Waals surface area contributed by atoms with Crippen LogP contribution in [0.2, 0.25) is 19.6 Å². The predicted molar refractivity (Wildman–Crippen MR) is 47.6 cm³/mol. The SMILES string of the molecule is C[C@H]1C=C(O[Si](C)(C)C)OC1. The van der Waals surface area contributed by atoms with E-state index in [1.165, 1.54) is 0 Å². The Morgan fingerprint density at radius 3 is 2.55 bits per heavy atom. The van der Waals surface area contributed by atoms with Crippen LogP contribution in [0.3, 0.4) is 0 Å². The second kappa shape index (κ2) is 2.89. The monoisotopic (exact) mass is 172 g/mol. The van der Waals surface area contributed by atoms with E-state index in [1.807, 2.05) is 0 Å². The molecule has 0 amide bonds. The summed E-state index contributed by atoms with van der Waals surface area (Å²) in [6, 6.07) is 0. The Hall–Kier alpha value is -0.443. The molecule has 1 aliphatic rings. The van der Waals surface area contributed by atoms with Gasteiger partial charge in [-0.2, -0.15) is 0 Å². The van der Waals surface area contributed by atoms with Crippen LogP contribution in [-0.2, 0) is 9.16 Å². The molecule has 1 heterocycles. The second-order valence-electron chi connectivity index (χ2n) is 3.99. The molecule has 0 aliphatic carbocycles. The van der Waals surface area contributed by atoms with Crippen LogP contribution < -0.4 is 0 Å². The van der Waals surface area contributed by atoms with Gasteiger partial charge in [-0.3, -0.25) is 0 Å². The third-order valence-corrected chi connectivity index (χ3v) is 2.13. The van der Waals surface area contributed by atoms with Crippen LogP contribution in [0.1, 0.15) is 6.92 Å². The molecule has 0 aromatic carbocycles. The predicted octanol–water partition coefficient (Wildman–Crippen LogP) is 2.35. The van der Waals surface area contributed by atoms with E-state index in [0.29, 0.717) is 5.92 Å². The molecule has 1 rings (SSSR count). The lowest BCUT2D eigenvalue weighted by atomic mass is 10.2. The standard InChI is InChI=1S/C8H16O2Si/c1-7-5-8(9-6-7)10-11(2,3)4/h5,7H,6H2,1-4H3/t7-/m0/s1. The Labute approximate surface area is 69.3 Å². The molecular weight excluding hydrogens is 156 g/mol. The fourth-order valence-electron chi connectivity index (χ4n) is 0.907.